The van der Waals surface area contributed by atoms with E-state index in [-0.39, 0.29) is 12.5 Å². The largest absolute Gasteiger partial charge is 0.756 e. The zero-order chi connectivity index (χ0) is 68.3. The third-order valence-electron chi connectivity index (χ3n) is 18.6. The van der Waals surface area contributed by atoms with Crippen LogP contribution in [0.1, 0.15) is 399 Å². The molecular formula is C85H159N2O6P. The quantitative estimate of drug-likeness (QED) is 0.0272. The molecule has 1 amide bonds. The highest BCUT2D eigenvalue weighted by atomic mass is 31.2. The maximum atomic E-state index is 13.1. The van der Waals surface area contributed by atoms with Gasteiger partial charge in [-0.3, -0.25) is 9.36 Å². The van der Waals surface area contributed by atoms with E-state index in [1.54, 1.807) is 6.08 Å². The Labute approximate surface area is 586 Å². The van der Waals surface area contributed by atoms with Crippen molar-refractivity contribution in [2.45, 2.75) is 411 Å². The molecular weight excluding hydrogens is 1180 g/mol. The predicted molar refractivity (Wildman–Crippen MR) is 413 cm³/mol. The molecule has 9 heteroatoms. The number of phosphoric acid groups is 1. The Kier molecular flexibility index (Phi) is 73.0. The molecule has 0 radical (unpaired) electrons. The highest BCUT2D eigenvalue weighted by Crippen LogP contribution is 2.38. The number of hydrogen-bond donors (Lipinski definition) is 2. The fourth-order valence-corrected chi connectivity index (χ4v) is 13.0. The van der Waals surface area contributed by atoms with E-state index in [1.165, 1.54) is 308 Å². The number of carbonyl (C=O) groups excluding carboxylic acids is 1. The highest BCUT2D eigenvalue weighted by molar-refractivity contribution is 7.45. The lowest BCUT2D eigenvalue weighted by Crippen LogP contribution is -2.45. The van der Waals surface area contributed by atoms with Crippen molar-refractivity contribution in [3.8, 4) is 0 Å². The molecule has 0 aliphatic rings. The number of unbranched alkanes of at least 4 members (excludes halogenated alkanes) is 51. The first-order valence-electron chi connectivity index (χ1n) is 40.9. The second-order valence-corrected chi connectivity index (χ2v) is 30.5. The van der Waals surface area contributed by atoms with Gasteiger partial charge >= 0.3 is 0 Å². The molecule has 0 aliphatic carbocycles. The Balaban J connectivity index is 3.95. The molecule has 0 bridgehead atoms. The fourth-order valence-electron chi connectivity index (χ4n) is 12.3. The molecule has 0 spiro atoms. The summed E-state index contributed by atoms with van der Waals surface area (Å²) in [5.74, 6) is -0.200. The van der Waals surface area contributed by atoms with Crippen molar-refractivity contribution in [1.82, 2.24) is 5.32 Å². The maximum Gasteiger partial charge on any atom is 0.268 e. The molecule has 0 aromatic rings. The van der Waals surface area contributed by atoms with E-state index in [0.717, 1.165) is 70.6 Å². The number of likely N-dealkylation sites (N-methyl/N-ethyl adjacent to an activating group) is 1. The molecule has 0 aromatic heterocycles. The Morgan fingerprint density at radius 3 is 0.989 bits per heavy atom. The minimum Gasteiger partial charge on any atom is -0.756 e. The van der Waals surface area contributed by atoms with Crippen molar-refractivity contribution >= 4 is 13.7 Å². The van der Waals surface area contributed by atoms with Crippen molar-refractivity contribution in [1.29, 1.82) is 0 Å². The van der Waals surface area contributed by atoms with E-state index in [9.17, 15) is 19.4 Å². The second-order valence-electron chi connectivity index (χ2n) is 29.1. The summed E-state index contributed by atoms with van der Waals surface area (Å²) in [5.41, 5.74) is 0. The first-order chi connectivity index (χ1) is 46.0. The Morgan fingerprint density at radius 2 is 0.660 bits per heavy atom. The summed E-state index contributed by atoms with van der Waals surface area (Å²) in [6.07, 6.45) is 108. The molecule has 0 aromatic carbocycles. The smallest absolute Gasteiger partial charge is 0.268 e. The summed E-state index contributed by atoms with van der Waals surface area (Å²) in [5, 5.41) is 14.0. The van der Waals surface area contributed by atoms with Crippen LogP contribution in [0.15, 0.2) is 85.1 Å². The van der Waals surface area contributed by atoms with E-state index in [2.05, 4.69) is 92.1 Å². The van der Waals surface area contributed by atoms with Gasteiger partial charge < -0.3 is 28.8 Å². The number of phosphoric ester groups is 1. The van der Waals surface area contributed by atoms with Crippen LogP contribution in [0.5, 0.6) is 0 Å². The van der Waals surface area contributed by atoms with Gasteiger partial charge in [-0.1, -0.05) is 401 Å². The lowest BCUT2D eigenvalue weighted by Gasteiger charge is -2.29. The van der Waals surface area contributed by atoms with E-state index in [1.807, 2.05) is 27.2 Å². The lowest BCUT2D eigenvalue weighted by atomic mass is 10.0. The monoisotopic (exact) mass is 1340 g/mol. The molecule has 550 valence electrons. The fraction of sp³-hybridized carbons (Fsp3) is 0.824. The molecule has 0 rings (SSSR count). The number of nitrogens with one attached hydrogen (secondary N) is 1. The summed E-state index contributed by atoms with van der Waals surface area (Å²) in [7, 11) is 1.26. The Bertz CT molecular complexity index is 1820. The van der Waals surface area contributed by atoms with Gasteiger partial charge in [-0.2, -0.15) is 0 Å². The van der Waals surface area contributed by atoms with Gasteiger partial charge in [0.1, 0.15) is 13.2 Å². The number of aliphatic hydroxyl groups excluding tert-OH is 1. The van der Waals surface area contributed by atoms with Crippen LogP contribution in [0.4, 0.5) is 0 Å². The van der Waals surface area contributed by atoms with Gasteiger partial charge in [0, 0.05) is 6.42 Å². The van der Waals surface area contributed by atoms with Crippen LogP contribution in [0.25, 0.3) is 0 Å². The van der Waals surface area contributed by atoms with E-state index in [0.29, 0.717) is 17.4 Å². The van der Waals surface area contributed by atoms with Crippen LogP contribution >= 0.6 is 7.82 Å². The van der Waals surface area contributed by atoms with Crippen LogP contribution < -0.4 is 10.2 Å². The number of quaternary nitrogens is 1. The van der Waals surface area contributed by atoms with Gasteiger partial charge in [0.2, 0.25) is 5.91 Å². The van der Waals surface area contributed by atoms with Crippen molar-refractivity contribution in [2.24, 2.45) is 0 Å². The lowest BCUT2D eigenvalue weighted by molar-refractivity contribution is -0.870. The molecule has 94 heavy (non-hydrogen) atoms. The average molecular weight is 1340 g/mol. The minimum absolute atomic E-state index is 0.00606. The molecule has 3 atom stereocenters. The number of rotatable bonds is 76. The molecule has 0 aliphatic heterocycles. The summed E-state index contributed by atoms with van der Waals surface area (Å²) in [6, 6.07) is -0.907. The number of aliphatic hydroxyl groups is 1. The summed E-state index contributed by atoms with van der Waals surface area (Å²) < 4.78 is 23.5. The first-order valence-corrected chi connectivity index (χ1v) is 42.4. The van der Waals surface area contributed by atoms with Gasteiger partial charge in [0.05, 0.1) is 39.9 Å². The molecule has 0 saturated heterocycles. The van der Waals surface area contributed by atoms with Crippen molar-refractivity contribution in [2.75, 3.05) is 40.9 Å². The number of hydrogen-bond acceptors (Lipinski definition) is 6. The molecule has 0 heterocycles. The molecule has 0 saturated carbocycles. The Morgan fingerprint density at radius 1 is 0.383 bits per heavy atom. The van der Waals surface area contributed by atoms with Crippen LogP contribution in [-0.4, -0.2) is 68.5 Å². The third-order valence-corrected chi connectivity index (χ3v) is 19.6. The van der Waals surface area contributed by atoms with Gasteiger partial charge in [-0.15, -0.1) is 0 Å². The maximum absolute atomic E-state index is 13.1. The average Bonchev–Trinajstić information content (AvgIpc) is 1.77. The van der Waals surface area contributed by atoms with Crippen LogP contribution in [-0.2, 0) is 18.4 Å². The molecule has 3 unspecified atom stereocenters. The number of nitrogens with zero attached hydrogens (tertiary/aromatic N) is 1. The molecule has 8 nitrogen and oxygen atoms in total. The van der Waals surface area contributed by atoms with E-state index < -0.39 is 26.6 Å². The zero-order valence-electron chi connectivity index (χ0n) is 63.2. The summed E-state index contributed by atoms with van der Waals surface area (Å²) in [6.45, 7) is 4.57. The van der Waals surface area contributed by atoms with E-state index >= 15 is 0 Å². The highest BCUT2D eigenvalue weighted by Gasteiger charge is 2.23. The normalized spacial score (nSPS) is 13.9. The molecule has 0 fully saturated rings. The van der Waals surface area contributed by atoms with Gasteiger partial charge in [-0.25, -0.2) is 0 Å². The number of carbonyl (C=O) groups is 1. The van der Waals surface area contributed by atoms with Gasteiger partial charge in [0.25, 0.3) is 7.82 Å². The number of amides is 1. The summed E-state index contributed by atoms with van der Waals surface area (Å²) >= 11 is 0. The minimum atomic E-state index is -4.62. The summed E-state index contributed by atoms with van der Waals surface area (Å²) in [4.78, 5) is 25.7. The standard InChI is InChI=1S/C85H159N2O6P/c1-6-8-10-12-14-16-18-20-22-24-26-28-30-32-34-36-38-39-40-41-42-43-44-45-46-47-49-51-53-55-57-59-61-63-65-67-69-71-73-75-77-79-85(89)86-83(82-93-94(90,91)92-81-80-87(3,4)5)84(88)78-76-74-72-70-68-66-64-62-60-58-56-54-52-50-48-37-35-33-31-29-27-25-23-21-19-17-15-13-11-9-7-2/h8,10,14,16,20,22,26,28,32,34,68,70,76,78,83-84,88H,6-7,9,11-13,15,17-19,21,23-25,27,29-31,33,35-67,69,71-75,77,79-82H2,1-5H3,(H-,86,89,90,91)/b10-8-,16-14-,22-20-,28-26-,34-32-,70-68+,78-76+. The Hall–Kier alpha value is -2.32. The van der Waals surface area contributed by atoms with Gasteiger partial charge in [-0.05, 0) is 77.0 Å². The topological polar surface area (TPSA) is 108 Å². The zero-order valence-corrected chi connectivity index (χ0v) is 64.1. The van der Waals surface area contributed by atoms with Gasteiger partial charge in [0.15, 0.2) is 0 Å². The van der Waals surface area contributed by atoms with Crippen molar-refractivity contribution < 1.29 is 32.9 Å². The molecule has 2 N–H and O–H groups in total. The van der Waals surface area contributed by atoms with Crippen molar-refractivity contribution in [3.05, 3.63) is 85.1 Å². The second kappa shape index (κ2) is 74.9. The van der Waals surface area contributed by atoms with Crippen molar-refractivity contribution in [3.63, 3.8) is 0 Å². The van der Waals surface area contributed by atoms with Crippen LogP contribution in [0.2, 0.25) is 0 Å². The SMILES string of the molecule is CC/C=C\C/C=C\C/C=C\C/C=C\C/C=C\CCCCCCCCCCCCCCCCCCCCCCCCCCCC(=O)NC(COP(=O)([O-])OCC[N+](C)(C)C)C(O)/C=C/CC/C=C/CCCCCCCCCCCCCCCCCCCCCCCCCCC. The predicted octanol–water partition coefficient (Wildman–Crippen LogP) is 26.4. The van der Waals surface area contributed by atoms with Crippen LogP contribution in [0, 0.1) is 0 Å². The number of allylic oxidation sites excluding steroid dienone is 13. The third kappa shape index (κ3) is 77.0. The van der Waals surface area contributed by atoms with Crippen LogP contribution in [0.3, 0.4) is 0 Å². The first kappa shape index (κ1) is 91.7. The van der Waals surface area contributed by atoms with E-state index in [4.69, 9.17) is 9.05 Å².